The van der Waals surface area contributed by atoms with Crippen LogP contribution in [0.5, 0.6) is 0 Å². The topological polar surface area (TPSA) is 55.1 Å². The lowest BCUT2D eigenvalue weighted by atomic mass is 9.86. The minimum atomic E-state index is -0.0767. The molecule has 0 aromatic rings. The Kier molecular flexibility index (Phi) is 1.36. The fraction of sp³-hybridized carbons (Fsp3) is 0.900. The van der Waals surface area contributed by atoms with Gasteiger partial charge >= 0.3 is 0 Å². The number of hydrogen-bond acceptors (Lipinski definition) is 2. The first-order chi connectivity index (χ1) is 6.22. The van der Waals surface area contributed by atoms with Gasteiger partial charge in [-0.2, -0.15) is 0 Å². The summed E-state index contributed by atoms with van der Waals surface area (Å²) in [5.41, 5.74) is 5.66. The van der Waals surface area contributed by atoms with Gasteiger partial charge in [0, 0.05) is 18.0 Å². The lowest BCUT2D eigenvalue weighted by molar-refractivity contribution is -0.120. The van der Waals surface area contributed by atoms with Gasteiger partial charge in [0.2, 0.25) is 5.91 Å². The Balaban J connectivity index is 1.82. The molecule has 2 aliphatic heterocycles. The van der Waals surface area contributed by atoms with Crippen molar-refractivity contribution in [2.24, 2.45) is 17.1 Å². The molecule has 1 saturated carbocycles. The average Bonchev–Trinajstić information content (AvgIpc) is 2.70. The minimum absolute atomic E-state index is 0.0767. The van der Waals surface area contributed by atoms with E-state index in [1.807, 2.05) is 0 Å². The number of nitrogens with two attached hydrogens (primary N) is 1. The third kappa shape index (κ3) is 0.909. The molecule has 2 saturated heterocycles. The number of hydrogen-bond donors (Lipinski definition) is 2. The van der Waals surface area contributed by atoms with Gasteiger partial charge in [-0.1, -0.05) is 0 Å². The normalized spacial score (nSPS) is 52.5. The molecule has 1 amide bonds. The molecule has 4 unspecified atom stereocenters. The number of piperidine rings is 1. The first-order valence-electron chi connectivity index (χ1n) is 5.28. The Labute approximate surface area is 78.1 Å². The molecule has 0 aromatic heterocycles. The molecule has 3 fully saturated rings. The van der Waals surface area contributed by atoms with Crippen LogP contribution in [0.4, 0.5) is 0 Å². The maximum absolute atomic E-state index is 11.1. The third-order valence-electron chi connectivity index (χ3n) is 4.35. The summed E-state index contributed by atoms with van der Waals surface area (Å²) in [4.78, 5) is 11.1. The largest absolute Gasteiger partial charge is 0.369 e. The van der Waals surface area contributed by atoms with E-state index in [2.05, 4.69) is 5.32 Å². The summed E-state index contributed by atoms with van der Waals surface area (Å²) in [5, 5.41) is 3.62. The molecule has 3 aliphatic rings. The van der Waals surface area contributed by atoms with Crippen LogP contribution in [0.1, 0.15) is 32.1 Å². The fourth-order valence-corrected chi connectivity index (χ4v) is 3.48. The molecule has 3 heteroatoms. The Bertz CT molecular complexity index is 266. The van der Waals surface area contributed by atoms with Crippen LogP contribution in [0.15, 0.2) is 0 Å². The van der Waals surface area contributed by atoms with E-state index in [1.165, 1.54) is 25.7 Å². The van der Waals surface area contributed by atoms with Crippen molar-refractivity contribution in [1.29, 1.82) is 0 Å². The van der Waals surface area contributed by atoms with E-state index in [4.69, 9.17) is 5.73 Å². The second-order valence-corrected chi connectivity index (χ2v) is 4.92. The second kappa shape index (κ2) is 2.27. The van der Waals surface area contributed by atoms with Crippen LogP contribution in [0.3, 0.4) is 0 Å². The van der Waals surface area contributed by atoms with Crippen molar-refractivity contribution in [2.45, 2.75) is 44.2 Å². The van der Waals surface area contributed by atoms with E-state index in [0.29, 0.717) is 11.5 Å². The predicted octanol–water partition coefficient (Wildman–Crippen LogP) is 0.392. The highest BCUT2D eigenvalue weighted by Crippen LogP contribution is 2.62. The van der Waals surface area contributed by atoms with Gasteiger partial charge in [-0.15, -0.1) is 0 Å². The maximum Gasteiger partial charge on any atom is 0.221 e. The molecular formula is C10H16N2O. The smallest absolute Gasteiger partial charge is 0.221 e. The zero-order chi connectivity index (χ0) is 9.05. The van der Waals surface area contributed by atoms with Gasteiger partial charge in [-0.05, 0) is 37.5 Å². The molecular weight excluding hydrogens is 164 g/mol. The summed E-state index contributed by atoms with van der Waals surface area (Å²) in [7, 11) is 0. The zero-order valence-corrected chi connectivity index (χ0v) is 7.75. The Morgan fingerprint density at radius 1 is 1.38 bits per heavy atom. The lowest BCUT2D eigenvalue weighted by Crippen LogP contribution is -2.43. The summed E-state index contributed by atoms with van der Waals surface area (Å²) >= 11 is 0. The molecule has 3 N–H and O–H groups in total. The van der Waals surface area contributed by atoms with Crippen molar-refractivity contribution in [3.63, 3.8) is 0 Å². The van der Waals surface area contributed by atoms with Crippen molar-refractivity contribution in [3.8, 4) is 0 Å². The van der Waals surface area contributed by atoms with Crippen molar-refractivity contribution in [2.75, 3.05) is 0 Å². The van der Waals surface area contributed by atoms with Crippen LogP contribution in [0.25, 0.3) is 0 Å². The number of amides is 1. The first kappa shape index (κ1) is 7.80. The van der Waals surface area contributed by atoms with E-state index in [0.717, 1.165) is 12.5 Å². The molecule has 13 heavy (non-hydrogen) atoms. The fourth-order valence-electron chi connectivity index (χ4n) is 3.48. The second-order valence-electron chi connectivity index (χ2n) is 4.92. The Morgan fingerprint density at radius 2 is 2.23 bits per heavy atom. The van der Waals surface area contributed by atoms with Crippen LogP contribution in [0.2, 0.25) is 0 Å². The number of primary amides is 1. The molecule has 0 radical (unpaired) electrons. The minimum Gasteiger partial charge on any atom is -0.369 e. The highest BCUT2D eigenvalue weighted by Gasteiger charge is 2.64. The number of fused-ring (bicyclic) bond motifs is 3. The monoisotopic (exact) mass is 180 g/mol. The summed E-state index contributed by atoms with van der Waals surface area (Å²) < 4.78 is 0. The highest BCUT2D eigenvalue weighted by molar-refractivity contribution is 5.81. The molecule has 3 nitrogen and oxygen atoms in total. The number of carbonyl (C=O) groups excluding carboxylic acids is 1. The van der Waals surface area contributed by atoms with Crippen LogP contribution >= 0.6 is 0 Å². The standard InChI is InChI=1S/C10H16N2O/c11-9(13)7-5-10(7)4-3-6-1-2-8(10)12-6/h6-8,12H,1-5H2,(H2,11,13). The van der Waals surface area contributed by atoms with E-state index >= 15 is 0 Å². The molecule has 0 aromatic carbocycles. The van der Waals surface area contributed by atoms with Crippen molar-refractivity contribution < 1.29 is 4.79 Å². The Hall–Kier alpha value is -0.570. The molecule has 4 atom stereocenters. The zero-order valence-electron chi connectivity index (χ0n) is 7.75. The van der Waals surface area contributed by atoms with Crippen LogP contribution in [-0.4, -0.2) is 18.0 Å². The van der Waals surface area contributed by atoms with Crippen LogP contribution < -0.4 is 11.1 Å². The van der Waals surface area contributed by atoms with Gasteiger partial charge in [0.05, 0.1) is 0 Å². The summed E-state index contributed by atoms with van der Waals surface area (Å²) in [6, 6.07) is 1.34. The molecule has 1 aliphatic carbocycles. The van der Waals surface area contributed by atoms with E-state index < -0.39 is 0 Å². The first-order valence-corrected chi connectivity index (χ1v) is 5.28. The maximum atomic E-state index is 11.1. The van der Waals surface area contributed by atoms with Gasteiger partial charge in [0.25, 0.3) is 0 Å². The highest BCUT2D eigenvalue weighted by atomic mass is 16.1. The van der Waals surface area contributed by atoms with Crippen molar-refractivity contribution >= 4 is 5.91 Å². The van der Waals surface area contributed by atoms with Crippen molar-refractivity contribution in [1.82, 2.24) is 5.32 Å². The number of rotatable bonds is 1. The van der Waals surface area contributed by atoms with E-state index in [9.17, 15) is 4.79 Å². The molecule has 3 rings (SSSR count). The van der Waals surface area contributed by atoms with Crippen LogP contribution in [-0.2, 0) is 4.79 Å². The molecule has 1 spiro atoms. The summed E-state index contributed by atoms with van der Waals surface area (Å²) in [5.74, 6) is 0.108. The number of carbonyl (C=O) groups is 1. The molecule has 2 heterocycles. The Morgan fingerprint density at radius 3 is 2.92 bits per heavy atom. The SMILES string of the molecule is NC(=O)C1CC12CCC1CCC2N1. The van der Waals surface area contributed by atoms with Crippen molar-refractivity contribution in [3.05, 3.63) is 0 Å². The molecule has 72 valence electrons. The van der Waals surface area contributed by atoms with Crippen LogP contribution in [0, 0.1) is 11.3 Å². The summed E-state index contributed by atoms with van der Waals surface area (Å²) in [6.07, 6.45) is 6.09. The van der Waals surface area contributed by atoms with Gasteiger partial charge in [0.15, 0.2) is 0 Å². The number of nitrogens with one attached hydrogen (secondary N) is 1. The van der Waals surface area contributed by atoms with E-state index in [1.54, 1.807) is 0 Å². The summed E-state index contributed by atoms with van der Waals surface area (Å²) in [6.45, 7) is 0. The van der Waals surface area contributed by atoms with Gasteiger partial charge < -0.3 is 11.1 Å². The predicted molar refractivity (Wildman–Crippen MR) is 48.9 cm³/mol. The third-order valence-corrected chi connectivity index (χ3v) is 4.35. The van der Waals surface area contributed by atoms with Gasteiger partial charge in [-0.3, -0.25) is 4.79 Å². The van der Waals surface area contributed by atoms with Gasteiger partial charge in [-0.25, -0.2) is 0 Å². The quantitative estimate of drug-likeness (QED) is 0.613. The van der Waals surface area contributed by atoms with Gasteiger partial charge in [0.1, 0.15) is 0 Å². The lowest BCUT2D eigenvalue weighted by Gasteiger charge is -2.31. The average molecular weight is 180 g/mol. The molecule has 2 bridgehead atoms. The van der Waals surface area contributed by atoms with E-state index in [-0.39, 0.29) is 11.8 Å².